The van der Waals surface area contributed by atoms with Gasteiger partial charge in [-0.15, -0.1) is 0 Å². The van der Waals surface area contributed by atoms with Crippen molar-refractivity contribution in [1.82, 2.24) is 10.2 Å². The Labute approximate surface area is 109 Å². The van der Waals surface area contributed by atoms with E-state index in [1.807, 2.05) is 4.90 Å². The van der Waals surface area contributed by atoms with Crippen molar-refractivity contribution in [1.29, 1.82) is 0 Å². The third-order valence-electron chi connectivity index (χ3n) is 4.72. The van der Waals surface area contributed by atoms with Crippen molar-refractivity contribution < 1.29 is 9.53 Å². The number of nitrogens with one attached hydrogen (secondary N) is 1. The number of likely N-dealkylation sites (tertiary alicyclic amines) is 1. The molecule has 1 atom stereocenters. The second-order valence-corrected chi connectivity index (χ2v) is 6.11. The third kappa shape index (κ3) is 2.54. The number of amides is 1. The summed E-state index contributed by atoms with van der Waals surface area (Å²) in [4.78, 5) is 14.2. The minimum absolute atomic E-state index is 0.0984. The molecule has 0 aromatic carbocycles. The molecular formula is C14H24N2O2. The molecule has 0 aromatic heterocycles. The summed E-state index contributed by atoms with van der Waals surface area (Å²) in [6, 6.07) is 0. The quantitative estimate of drug-likeness (QED) is 0.802. The van der Waals surface area contributed by atoms with E-state index in [4.69, 9.17) is 4.74 Å². The molecule has 102 valence electrons. The fourth-order valence-corrected chi connectivity index (χ4v) is 3.64. The highest BCUT2D eigenvalue weighted by Crippen LogP contribution is 2.38. The van der Waals surface area contributed by atoms with Crippen LogP contribution >= 0.6 is 0 Å². The largest absolute Gasteiger partial charge is 0.375 e. The second kappa shape index (κ2) is 5.17. The van der Waals surface area contributed by atoms with Crippen molar-refractivity contribution in [3.63, 3.8) is 0 Å². The molecule has 3 saturated heterocycles. The lowest BCUT2D eigenvalue weighted by Gasteiger charge is -2.33. The first-order valence-electron chi connectivity index (χ1n) is 7.40. The Morgan fingerprint density at radius 1 is 1.28 bits per heavy atom. The van der Waals surface area contributed by atoms with Gasteiger partial charge in [-0.2, -0.15) is 0 Å². The topological polar surface area (TPSA) is 41.6 Å². The molecule has 1 N–H and O–H groups in total. The van der Waals surface area contributed by atoms with Crippen LogP contribution in [0.3, 0.4) is 0 Å². The summed E-state index contributed by atoms with van der Waals surface area (Å²) in [5.74, 6) is 0.809. The van der Waals surface area contributed by atoms with Crippen molar-refractivity contribution in [2.45, 2.75) is 44.1 Å². The van der Waals surface area contributed by atoms with Gasteiger partial charge in [0.25, 0.3) is 0 Å². The Hall–Kier alpha value is -0.610. The minimum atomic E-state index is 0.0984. The smallest absolute Gasteiger partial charge is 0.222 e. The number of ether oxygens (including phenoxy) is 1. The number of carbonyl (C=O) groups excluding carboxylic acids is 1. The first-order chi connectivity index (χ1) is 8.77. The van der Waals surface area contributed by atoms with E-state index in [0.29, 0.717) is 18.2 Å². The Morgan fingerprint density at radius 2 is 2.00 bits per heavy atom. The molecule has 3 fully saturated rings. The van der Waals surface area contributed by atoms with Crippen LogP contribution in [0.15, 0.2) is 0 Å². The molecule has 4 nitrogen and oxygen atoms in total. The van der Waals surface area contributed by atoms with Gasteiger partial charge in [0, 0.05) is 19.5 Å². The highest BCUT2D eigenvalue weighted by Gasteiger charge is 2.41. The van der Waals surface area contributed by atoms with Crippen LogP contribution in [0.1, 0.15) is 38.5 Å². The van der Waals surface area contributed by atoms with Gasteiger partial charge in [0.15, 0.2) is 0 Å². The average molecular weight is 252 g/mol. The summed E-state index contributed by atoms with van der Waals surface area (Å²) in [5.41, 5.74) is 0.0984. The third-order valence-corrected chi connectivity index (χ3v) is 4.72. The van der Waals surface area contributed by atoms with E-state index in [0.717, 1.165) is 52.0 Å². The zero-order chi connectivity index (χ0) is 12.4. The maximum atomic E-state index is 12.1. The van der Waals surface area contributed by atoms with E-state index in [9.17, 15) is 4.79 Å². The van der Waals surface area contributed by atoms with E-state index in [1.54, 1.807) is 0 Å². The Morgan fingerprint density at radius 3 is 2.72 bits per heavy atom. The summed E-state index contributed by atoms with van der Waals surface area (Å²) in [6.45, 7) is 4.86. The van der Waals surface area contributed by atoms with Gasteiger partial charge in [0.05, 0.1) is 12.2 Å². The zero-order valence-corrected chi connectivity index (χ0v) is 11.1. The lowest BCUT2D eigenvalue weighted by molar-refractivity contribution is -0.131. The van der Waals surface area contributed by atoms with E-state index in [-0.39, 0.29) is 5.60 Å². The average Bonchev–Trinajstić information content (AvgIpc) is 3.01. The molecule has 0 aromatic rings. The summed E-state index contributed by atoms with van der Waals surface area (Å²) in [5, 5.41) is 3.38. The van der Waals surface area contributed by atoms with Crippen LogP contribution in [0, 0.1) is 5.92 Å². The molecular weight excluding hydrogens is 228 g/mol. The molecule has 3 heterocycles. The molecule has 0 saturated carbocycles. The lowest BCUT2D eigenvalue weighted by Crippen LogP contribution is -2.41. The summed E-state index contributed by atoms with van der Waals surface area (Å²) >= 11 is 0. The molecule has 3 aliphatic heterocycles. The van der Waals surface area contributed by atoms with Crippen molar-refractivity contribution in [2.24, 2.45) is 5.92 Å². The second-order valence-electron chi connectivity index (χ2n) is 6.11. The van der Waals surface area contributed by atoms with Crippen molar-refractivity contribution in [3.8, 4) is 0 Å². The molecule has 3 rings (SSSR count). The Bertz CT molecular complexity index is 307. The summed E-state index contributed by atoms with van der Waals surface area (Å²) in [6.07, 6.45) is 6.39. The van der Waals surface area contributed by atoms with Crippen molar-refractivity contribution in [3.05, 3.63) is 0 Å². The standard InChI is InChI=1S/C14H24N2O2/c17-13(16-7-1-2-8-16)9-12-10-14(18-11-12)3-5-15-6-4-14/h12,15H,1-11H2/t12-/m1/s1. The number of hydrogen-bond donors (Lipinski definition) is 1. The Balaban J connectivity index is 1.51. The Kier molecular flexibility index (Phi) is 3.57. The van der Waals surface area contributed by atoms with Crippen LogP contribution < -0.4 is 5.32 Å². The maximum Gasteiger partial charge on any atom is 0.222 e. The molecule has 3 aliphatic rings. The van der Waals surface area contributed by atoms with Gasteiger partial charge in [-0.25, -0.2) is 0 Å². The molecule has 1 spiro atoms. The number of nitrogens with zero attached hydrogens (tertiary/aromatic N) is 1. The molecule has 0 bridgehead atoms. The first kappa shape index (κ1) is 12.4. The molecule has 0 unspecified atom stereocenters. The van der Waals surface area contributed by atoms with Gasteiger partial charge in [0.1, 0.15) is 0 Å². The lowest BCUT2D eigenvalue weighted by atomic mass is 9.85. The summed E-state index contributed by atoms with van der Waals surface area (Å²) in [7, 11) is 0. The van der Waals surface area contributed by atoms with E-state index in [2.05, 4.69) is 5.32 Å². The predicted molar refractivity (Wildman–Crippen MR) is 69.3 cm³/mol. The fourth-order valence-electron chi connectivity index (χ4n) is 3.64. The van der Waals surface area contributed by atoms with Crippen molar-refractivity contribution in [2.75, 3.05) is 32.8 Å². The molecule has 0 aliphatic carbocycles. The number of carbonyl (C=O) groups is 1. The summed E-state index contributed by atoms with van der Waals surface area (Å²) < 4.78 is 6.05. The minimum Gasteiger partial charge on any atom is -0.375 e. The predicted octanol–water partition coefficient (Wildman–Crippen LogP) is 1.16. The molecule has 18 heavy (non-hydrogen) atoms. The SMILES string of the molecule is O=C(C[C@H]1COC2(CCNCC2)C1)N1CCCC1. The van der Waals surface area contributed by atoms with E-state index >= 15 is 0 Å². The molecule has 0 radical (unpaired) electrons. The van der Waals surface area contributed by atoms with Gasteiger partial charge in [-0.1, -0.05) is 0 Å². The highest BCUT2D eigenvalue weighted by molar-refractivity contribution is 5.76. The number of piperidine rings is 1. The fraction of sp³-hybridized carbons (Fsp3) is 0.929. The van der Waals surface area contributed by atoms with Gasteiger partial charge in [-0.05, 0) is 51.1 Å². The van der Waals surface area contributed by atoms with Gasteiger partial charge in [0.2, 0.25) is 5.91 Å². The molecule has 4 heteroatoms. The van der Waals surface area contributed by atoms with Gasteiger partial charge < -0.3 is 15.0 Å². The monoisotopic (exact) mass is 252 g/mol. The van der Waals surface area contributed by atoms with Crippen LogP contribution in [0.25, 0.3) is 0 Å². The van der Waals surface area contributed by atoms with Crippen LogP contribution in [0.4, 0.5) is 0 Å². The first-order valence-corrected chi connectivity index (χ1v) is 7.40. The van der Waals surface area contributed by atoms with Crippen LogP contribution in [-0.2, 0) is 9.53 Å². The van der Waals surface area contributed by atoms with Gasteiger partial charge >= 0.3 is 0 Å². The number of rotatable bonds is 2. The normalized spacial score (nSPS) is 31.1. The van der Waals surface area contributed by atoms with Gasteiger partial charge in [-0.3, -0.25) is 4.79 Å². The zero-order valence-electron chi connectivity index (χ0n) is 11.1. The van der Waals surface area contributed by atoms with Crippen LogP contribution in [0.5, 0.6) is 0 Å². The van der Waals surface area contributed by atoms with Crippen LogP contribution in [0.2, 0.25) is 0 Å². The maximum absolute atomic E-state index is 12.1. The highest BCUT2D eigenvalue weighted by atomic mass is 16.5. The van der Waals surface area contributed by atoms with Crippen LogP contribution in [-0.4, -0.2) is 49.2 Å². The molecule has 1 amide bonds. The van der Waals surface area contributed by atoms with E-state index in [1.165, 1.54) is 12.8 Å². The number of hydrogen-bond acceptors (Lipinski definition) is 3. The van der Waals surface area contributed by atoms with Crippen molar-refractivity contribution >= 4 is 5.91 Å². The van der Waals surface area contributed by atoms with E-state index < -0.39 is 0 Å².